The molecule has 268 valence electrons. The average Bonchev–Trinajstić information content (AvgIpc) is 3.66. The highest BCUT2D eigenvalue weighted by molar-refractivity contribution is 6.29. The fourth-order valence-electron chi connectivity index (χ4n) is 8.62. The van der Waals surface area contributed by atoms with Gasteiger partial charge in [-0.1, -0.05) is 133 Å². The fourth-order valence-corrected chi connectivity index (χ4v) is 8.62. The number of hydrogen-bond donors (Lipinski definition) is 0. The molecule has 0 amide bonds. The summed E-state index contributed by atoms with van der Waals surface area (Å²) >= 11 is 0. The third-order valence-corrected chi connectivity index (χ3v) is 11.2. The van der Waals surface area contributed by atoms with Gasteiger partial charge in [0, 0.05) is 44.6 Å². The minimum atomic E-state index is 0.885. The van der Waals surface area contributed by atoms with Crippen molar-refractivity contribution >= 4 is 88.4 Å². The van der Waals surface area contributed by atoms with Gasteiger partial charge in [-0.25, -0.2) is 0 Å². The van der Waals surface area contributed by atoms with Crippen LogP contribution in [0.25, 0.3) is 65.4 Å². The first-order chi connectivity index (χ1) is 28.3. The molecule has 0 unspecified atom stereocenters. The molecule has 0 atom stereocenters. The number of para-hydroxylation sites is 4. The summed E-state index contributed by atoms with van der Waals surface area (Å²) in [6.07, 6.45) is 0. The maximum atomic E-state index is 6.21. The van der Waals surface area contributed by atoms with E-state index in [-0.39, 0.29) is 0 Å². The molecule has 11 aromatic rings. The van der Waals surface area contributed by atoms with Crippen molar-refractivity contribution in [2.24, 2.45) is 0 Å². The molecular formula is C54H36N2O. The Hall–Kier alpha value is -7.62. The van der Waals surface area contributed by atoms with Crippen molar-refractivity contribution < 1.29 is 4.42 Å². The maximum Gasteiger partial charge on any atom is 0.135 e. The monoisotopic (exact) mass is 728 g/mol. The van der Waals surface area contributed by atoms with Crippen LogP contribution in [0.2, 0.25) is 0 Å². The Bertz CT molecular complexity index is 3190. The molecule has 0 radical (unpaired) electrons. The molecule has 0 aliphatic carbocycles. The van der Waals surface area contributed by atoms with Gasteiger partial charge in [-0.3, -0.25) is 0 Å². The maximum absolute atomic E-state index is 6.21. The zero-order chi connectivity index (χ0) is 37.7. The van der Waals surface area contributed by atoms with Gasteiger partial charge in [0.1, 0.15) is 11.2 Å². The van der Waals surface area contributed by atoms with Crippen LogP contribution in [0, 0.1) is 0 Å². The van der Waals surface area contributed by atoms with Gasteiger partial charge in [0.25, 0.3) is 0 Å². The Balaban J connectivity index is 1.13. The van der Waals surface area contributed by atoms with Crippen LogP contribution in [0.5, 0.6) is 0 Å². The first-order valence-corrected chi connectivity index (χ1v) is 19.4. The predicted octanol–water partition coefficient (Wildman–Crippen LogP) is 15.7. The lowest BCUT2D eigenvalue weighted by atomic mass is 9.90. The summed E-state index contributed by atoms with van der Waals surface area (Å²) in [6, 6.07) is 78.2. The molecule has 57 heavy (non-hydrogen) atoms. The van der Waals surface area contributed by atoms with Crippen molar-refractivity contribution in [1.82, 2.24) is 0 Å². The van der Waals surface area contributed by atoms with Crippen LogP contribution >= 0.6 is 0 Å². The Labute approximate surface area is 330 Å². The molecule has 0 saturated carbocycles. The minimum absolute atomic E-state index is 0.885. The van der Waals surface area contributed by atoms with E-state index in [2.05, 4.69) is 216 Å². The van der Waals surface area contributed by atoms with E-state index in [1.165, 1.54) is 32.3 Å². The van der Waals surface area contributed by atoms with E-state index >= 15 is 0 Å². The number of hydrogen-bond acceptors (Lipinski definition) is 3. The van der Waals surface area contributed by atoms with Crippen LogP contribution in [0.1, 0.15) is 0 Å². The van der Waals surface area contributed by atoms with Crippen molar-refractivity contribution in [3.63, 3.8) is 0 Å². The van der Waals surface area contributed by atoms with Gasteiger partial charge in [-0.05, 0) is 123 Å². The summed E-state index contributed by atoms with van der Waals surface area (Å²) in [5.74, 6) is 0. The van der Waals surface area contributed by atoms with Gasteiger partial charge in [-0.15, -0.1) is 0 Å². The second kappa shape index (κ2) is 13.6. The number of fused-ring (bicyclic) bond motifs is 9. The summed E-state index contributed by atoms with van der Waals surface area (Å²) in [5, 5.41) is 9.66. The molecule has 0 aliphatic rings. The molecule has 1 aromatic heterocycles. The van der Waals surface area contributed by atoms with Gasteiger partial charge in [-0.2, -0.15) is 0 Å². The van der Waals surface area contributed by atoms with Gasteiger partial charge < -0.3 is 14.2 Å². The molecule has 0 bridgehead atoms. The largest absolute Gasteiger partial charge is 0.456 e. The van der Waals surface area contributed by atoms with Crippen molar-refractivity contribution in [2.45, 2.75) is 0 Å². The molecule has 0 aliphatic heterocycles. The molecule has 0 spiro atoms. The quantitative estimate of drug-likeness (QED) is 0.152. The van der Waals surface area contributed by atoms with E-state index in [1.54, 1.807) is 0 Å². The molecule has 0 saturated heterocycles. The molecule has 11 rings (SSSR count). The highest BCUT2D eigenvalue weighted by Gasteiger charge is 2.21. The predicted molar refractivity (Wildman–Crippen MR) is 241 cm³/mol. The van der Waals surface area contributed by atoms with Crippen LogP contribution in [-0.4, -0.2) is 0 Å². The summed E-state index contributed by atoms with van der Waals surface area (Å²) < 4.78 is 6.21. The van der Waals surface area contributed by atoms with Crippen LogP contribution in [0.15, 0.2) is 223 Å². The molecular weight excluding hydrogens is 693 g/mol. The number of furan rings is 1. The molecule has 1 heterocycles. The Morgan fingerprint density at radius 1 is 0.263 bits per heavy atom. The summed E-state index contributed by atoms with van der Waals surface area (Å²) in [5.41, 5.74) is 10.7. The Morgan fingerprint density at radius 2 is 0.719 bits per heavy atom. The van der Waals surface area contributed by atoms with Crippen molar-refractivity contribution in [2.75, 3.05) is 9.80 Å². The lowest BCUT2D eigenvalue weighted by Crippen LogP contribution is -2.11. The zero-order valence-electron chi connectivity index (χ0n) is 31.1. The SMILES string of the molecule is c1ccc(N(c2ccc(-c3cc(N(c4ccccc4)c4ccccc4)c4c5ccccc5c5ccccc5c4c3)cc2)c2ccc3oc4ccccc4c3c2)cc1. The van der Waals surface area contributed by atoms with Crippen LogP contribution < -0.4 is 9.80 Å². The molecule has 3 heteroatoms. The highest BCUT2D eigenvalue weighted by atomic mass is 16.3. The molecule has 10 aromatic carbocycles. The third kappa shape index (κ3) is 5.60. The fraction of sp³-hybridized carbons (Fsp3) is 0. The summed E-state index contributed by atoms with van der Waals surface area (Å²) in [4.78, 5) is 4.73. The molecule has 0 fully saturated rings. The van der Waals surface area contributed by atoms with E-state index in [0.717, 1.165) is 67.2 Å². The lowest BCUT2D eigenvalue weighted by Gasteiger charge is -2.29. The van der Waals surface area contributed by atoms with E-state index in [1.807, 2.05) is 12.1 Å². The first-order valence-electron chi connectivity index (χ1n) is 19.4. The lowest BCUT2D eigenvalue weighted by molar-refractivity contribution is 0.669. The van der Waals surface area contributed by atoms with E-state index in [0.29, 0.717) is 0 Å². The van der Waals surface area contributed by atoms with Gasteiger partial charge in [0.2, 0.25) is 0 Å². The topological polar surface area (TPSA) is 19.6 Å². The van der Waals surface area contributed by atoms with E-state index in [4.69, 9.17) is 4.42 Å². The number of nitrogens with zero attached hydrogens (tertiary/aromatic N) is 2. The van der Waals surface area contributed by atoms with Crippen LogP contribution in [0.3, 0.4) is 0 Å². The van der Waals surface area contributed by atoms with Crippen molar-refractivity contribution in [3.8, 4) is 11.1 Å². The standard InChI is InChI=1S/C54H36N2O/c1-4-16-39(17-5-1)55(43-32-33-53-49(36-43)47-25-14-15-27-52(47)57-53)42-30-28-37(29-31-42)38-34-50-46-24-11-10-22-44(46)45-23-12-13-26-48(45)54(50)51(35-38)56(40-18-6-2-7-19-40)41-20-8-3-9-21-41/h1-36H. The van der Waals surface area contributed by atoms with E-state index < -0.39 is 0 Å². The van der Waals surface area contributed by atoms with Crippen LogP contribution in [0.4, 0.5) is 34.1 Å². The highest BCUT2D eigenvalue weighted by Crippen LogP contribution is 2.47. The minimum Gasteiger partial charge on any atom is -0.456 e. The number of rotatable bonds is 7. The Morgan fingerprint density at radius 3 is 1.35 bits per heavy atom. The summed E-state index contributed by atoms with van der Waals surface area (Å²) in [6.45, 7) is 0. The van der Waals surface area contributed by atoms with Gasteiger partial charge >= 0.3 is 0 Å². The average molecular weight is 729 g/mol. The van der Waals surface area contributed by atoms with Crippen molar-refractivity contribution in [3.05, 3.63) is 218 Å². The van der Waals surface area contributed by atoms with Crippen LogP contribution in [-0.2, 0) is 0 Å². The number of anilines is 6. The number of benzene rings is 10. The van der Waals surface area contributed by atoms with E-state index in [9.17, 15) is 0 Å². The third-order valence-electron chi connectivity index (χ3n) is 11.2. The summed E-state index contributed by atoms with van der Waals surface area (Å²) in [7, 11) is 0. The second-order valence-corrected chi connectivity index (χ2v) is 14.5. The smallest absolute Gasteiger partial charge is 0.135 e. The van der Waals surface area contributed by atoms with Gasteiger partial charge in [0.05, 0.1) is 5.69 Å². The van der Waals surface area contributed by atoms with Gasteiger partial charge in [0.15, 0.2) is 0 Å². The molecule has 3 nitrogen and oxygen atoms in total. The van der Waals surface area contributed by atoms with Crippen molar-refractivity contribution in [1.29, 1.82) is 0 Å². The first kappa shape index (κ1) is 32.8. The normalized spacial score (nSPS) is 11.5. The molecule has 0 N–H and O–H groups in total. The Kier molecular flexibility index (Phi) is 7.82. The second-order valence-electron chi connectivity index (χ2n) is 14.5. The zero-order valence-corrected chi connectivity index (χ0v) is 31.1.